The molecule has 124 valence electrons. The van der Waals surface area contributed by atoms with Crippen LogP contribution in [0, 0.1) is 0 Å². The maximum absolute atomic E-state index is 10.9. The Morgan fingerprint density at radius 1 is 1.27 bits per heavy atom. The van der Waals surface area contributed by atoms with Gasteiger partial charge in [0.2, 0.25) is 10.0 Å². The lowest BCUT2D eigenvalue weighted by molar-refractivity contribution is 0.414. The molecule has 0 aliphatic rings. The van der Waals surface area contributed by atoms with Gasteiger partial charge in [0, 0.05) is 13.1 Å². The second kappa shape index (κ2) is 9.26. The quantitative estimate of drug-likeness (QED) is 0.463. The SMILES string of the molecule is CCNC(=NCCS(N)(=O)=O)NCCc1ccc(OC)cc1. The number of guanidine groups is 1. The van der Waals surface area contributed by atoms with E-state index in [4.69, 9.17) is 9.88 Å². The van der Waals surface area contributed by atoms with Crippen LogP contribution in [0.25, 0.3) is 0 Å². The van der Waals surface area contributed by atoms with Gasteiger partial charge in [-0.2, -0.15) is 0 Å². The maximum Gasteiger partial charge on any atom is 0.210 e. The molecular formula is C14H24N4O3S. The van der Waals surface area contributed by atoms with Crippen molar-refractivity contribution in [3.63, 3.8) is 0 Å². The molecular weight excluding hydrogens is 304 g/mol. The Kier molecular flexibility index (Phi) is 7.69. The average Bonchev–Trinajstić information content (AvgIpc) is 2.46. The van der Waals surface area contributed by atoms with Crippen LogP contribution in [0.5, 0.6) is 5.75 Å². The zero-order valence-electron chi connectivity index (χ0n) is 13.0. The first-order valence-corrected chi connectivity index (χ1v) is 8.81. The third-order valence-corrected chi connectivity index (χ3v) is 3.61. The van der Waals surface area contributed by atoms with Gasteiger partial charge < -0.3 is 15.4 Å². The Morgan fingerprint density at radius 2 is 1.95 bits per heavy atom. The first-order chi connectivity index (χ1) is 10.4. The first kappa shape index (κ1) is 18.2. The van der Waals surface area contributed by atoms with Crippen molar-refractivity contribution < 1.29 is 13.2 Å². The third-order valence-electron chi connectivity index (χ3n) is 2.86. The van der Waals surface area contributed by atoms with Crippen LogP contribution in [0.15, 0.2) is 29.3 Å². The van der Waals surface area contributed by atoms with Gasteiger partial charge in [-0.3, -0.25) is 4.99 Å². The van der Waals surface area contributed by atoms with Gasteiger partial charge in [-0.05, 0) is 31.0 Å². The van der Waals surface area contributed by atoms with Gasteiger partial charge in [0.05, 0.1) is 19.4 Å². The molecule has 1 aromatic carbocycles. The number of aliphatic imine (C=N–C) groups is 1. The maximum atomic E-state index is 10.9. The minimum atomic E-state index is -3.48. The summed E-state index contributed by atoms with van der Waals surface area (Å²) in [6.07, 6.45) is 0.823. The summed E-state index contributed by atoms with van der Waals surface area (Å²) < 4.78 is 26.9. The highest BCUT2D eigenvalue weighted by atomic mass is 32.2. The fraction of sp³-hybridized carbons (Fsp3) is 0.500. The number of benzene rings is 1. The number of ether oxygens (including phenoxy) is 1. The molecule has 0 aliphatic heterocycles. The summed E-state index contributed by atoms with van der Waals surface area (Å²) in [5.41, 5.74) is 1.17. The topological polar surface area (TPSA) is 106 Å². The van der Waals surface area contributed by atoms with Gasteiger partial charge in [0.25, 0.3) is 0 Å². The number of rotatable bonds is 8. The molecule has 0 saturated carbocycles. The minimum absolute atomic E-state index is 0.136. The number of methoxy groups -OCH3 is 1. The van der Waals surface area contributed by atoms with Crippen molar-refractivity contribution in [1.82, 2.24) is 10.6 Å². The second-order valence-corrected chi connectivity index (χ2v) is 6.39. The van der Waals surface area contributed by atoms with Gasteiger partial charge in [0.15, 0.2) is 5.96 Å². The number of nitrogens with zero attached hydrogens (tertiary/aromatic N) is 1. The first-order valence-electron chi connectivity index (χ1n) is 7.10. The Morgan fingerprint density at radius 3 is 2.50 bits per heavy atom. The lowest BCUT2D eigenvalue weighted by atomic mass is 10.1. The smallest absolute Gasteiger partial charge is 0.210 e. The van der Waals surface area contributed by atoms with E-state index in [2.05, 4.69) is 15.6 Å². The van der Waals surface area contributed by atoms with E-state index < -0.39 is 10.0 Å². The molecule has 1 aromatic rings. The highest BCUT2D eigenvalue weighted by Crippen LogP contribution is 2.11. The zero-order valence-corrected chi connectivity index (χ0v) is 13.8. The molecule has 0 spiro atoms. The Bertz CT molecular complexity index is 570. The van der Waals surface area contributed by atoms with Crippen molar-refractivity contribution in [2.24, 2.45) is 10.1 Å². The van der Waals surface area contributed by atoms with Crippen molar-refractivity contribution in [3.8, 4) is 5.75 Å². The van der Waals surface area contributed by atoms with E-state index in [1.807, 2.05) is 31.2 Å². The number of hydrogen-bond donors (Lipinski definition) is 3. The summed E-state index contributed by atoms with van der Waals surface area (Å²) in [6, 6.07) is 7.85. The lowest BCUT2D eigenvalue weighted by Gasteiger charge is -2.11. The van der Waals surface area contributed by atoms with E-state index in [0.29, 0.717) is 19.0 Å². The molecule has 0 atom stereocenters. The van der Waals surface area contributed by atoms with E-state index in [-0.39, 0.29) is 12.3 Å². The Hall–Kier alpha value is -1.80. The summed E-state index contributed by atoms with van der Waals surface area (Å²) >= 11 is 0. The van der Waals surface area contributed by atoms with Crippen LogP contribution in [0.3, 0.4) is 0 Å². The van der Waals surface area contributed by atoms with E-state index in [1.165, 1.54) is 5.56 Å². The predicted octanol–water partition coefficient (Wildman–Crippen LogP) is 0.0813. The van der Waals surface area contributed by atoms with Crippen LogP contribution >= 0.6 is 0 Å². The van der Waals surface area contributed by atoms with Gasteiger partial charge in [-0.1, -0.05) is 12.1 Å². The van der Waals surface area contributed by atoms with Gasteiger partial charge in [0.1, 0.15) is 5.75 Å². The molecule has 4 N–H and O–H groups in total. The minimum Gasteiger partial charge on any atom is -0.497 e. The molecule has 8 heteroatoms. The summed E-state index contributed by atoms with van der Waals surface area (Å²) in [7, 11) is -1.84. The van der Waals surface area contributed by atoms with Crippen molar-refractivity contribution >= 4 is 16.0 Å². The fourth-order valence-electron chi connectivity index (χ4n) is 1.74. The zero-order chi connectivity index (χ0) is 16.4. The highest BCUT2D eigenvalue weighted by molar-refractivity contribution is 7.89. The standard InChI is InChI=1S/C14H24N4O3S/c1-3-16-14(18-10-11-22(15,19)20)17-9-8-12-4-6-13(21-2)7-5-12/h4-7H,3,8-11H2,1-2H3,(H2,15,19,20)(H2,16,17,18). The number of primary sulfonamides is 1. The van der Waals surface area contributed by atoms with Crippen molar-refractivity contribution in [2.75, 3.05) is 32.5 Å². The summed E-state index contributed by atoms with van der Waals surface area (Å²) in [5.74, 6) is 1.25. The largest absolute Gasteiger partial charge is 0.497 e. The number of nitrogens with one attached hydrogen (secondary N) is 2. The van der Waals surface area contributed by atoms with Crippen LogP contribution in [0.2, 0.25) is 0 Å². The van der Waals surface area contributed by atoms with Crippen molar-refractivity contribution in [3.05, 3.63) is 29.8 Å². The van der Waals surface area contributed by atoms with E-state index >= 15 is 0 Å². The Balaban J connectivity index is 2.44. The molecule has 0 aliphatic carbocycles. The number of sulfonamides is 1. The van der Waals surface area contributed by atoms with Crippen LogP contribution in [0.1, 0.15) is 12.5 Å². The van der Waals surface area contributed by atoms with Crippen LogP contribution in [-0.4, -0.2) is 46.9 Å². The third kappa shape index (κ3) is 7.84. The molecule has 0 unspecified atom stereocenters. The summed E-state index contributed by atoms with van der Waals surface area (Å²) in [5, 5.41) is 11.2. The van der Waals surface area contributed by atoms with Crippen LogP contribution in [-0.2, 0) is 16.4 Å². The lowest BCUT2D eigenvalue weighted by Crippen LogP contribution is -2.38. The van der Waals surface area contributed by atoms with Gasteiger partial charge >= 0.3 is 0 Å². The molecule has 0 heterocycles. The Labute approximate surface area is 132 Å². The van der Waals surface area contributed by atoms with Crippen LogP contribution < -0.4 is 20.5 Å². The van der Waals surface area contributed by atoms with Crippen molar-refractivity contribution in [1.29, 1.82) is 0 Å². The molecule has 1 rings (SSSR count). The predicted molar refractivity (Wildman–Crippen MR) is 88.7 cm³/mol. The van der Waals surface area contributed by atoms with Crippen molar-refractivity contribution in [2.45, 2.75) is 13.3 Å². The molecule has 7 nitrogen and oxygen atoms in total. The molecule has 22 heavy (non-hydrogen) atoms. The number of hydrogen-bond acceptors (Lipinski definition) is 4. The monoisotopic (exact) mass is 328 g/mol. The average molecular weight is 328 g/mol. The number of nitrogens with two attached hydrogens (primary N) is 1. The van der Waals surface area contributed by atoms with Gasteiger partial charge in [-0.25, -0.2) is 13.6 Å². The van der Waals surface area contributed by atoms with E-state index in [9.17, 15) is 8.42 Å². The van der Waals surface area contributed by atoms with E-state index in [1.54, 1.807) is 7.11 Å². The van der Waals surface area contributed by atoms with Crippen LogP contribution in [0.4, 0.5) is 0 Å². The molecule has 0 radical (unpaired) electrons. The fourth-order valence-corrected chi connectivity index (χ4v) is 2.09. The molecule has 0 aromatic heterocycles. The summed E-state index contributed by atoms with van der Waals surface area (Å²) in [4.78, 5) is 4.17. The molecule has 0 bridgehead atoms. The molecule has 0 saturated heterocycles. The molecule has 0 fully saturated rings. The second-order valence-electron chi connectivity index (χ2n) is 4.65. The molecule has 0 amide bonds. The summed E-state index contributed by atoms with van der Waals surface area (Å²) in [6.45, 7) is 3.47. The normalized spacial score (nSPS) is 12.0. The van der Waals surface area contributed by atoms with Gasteiger partial charge in [-0.15, -0.1) is 0 Å². The highest BCUT2D eigenvalue weighted by Gasteiger charge is 2.02. The van der Waals surface area contributed by atoms with E-state index in [0.717, 1.165) is 12.2 Å².